The molecule has 0 radical (unpaired) electrons. The molecule has 1 amide bonds. The number of rotatable bonds is 17. The monoisotopic (exact) mass is 763 g/mol. The maximum Gasteiger partial charge on any atom is 0.413 e. The molecule has 2 aliphatic heterocycles. The van der Waals surface area contributed by atoms with Gasteiger partial charge in [0, 0.05) is 20.7 Å². The van der Waals surface area contributed by atoms with E-state index in [0.29, 0.717) is 24.8 Å². The lowest BCUT2D eigenvalue weighted by molar-refractivity contribution is -0.208. The van der Waals surface area contributed by atoms with Crippen LogP contribution in [0.3, 0.4) is 0 Å². The topological polar surface area (TPSA) is 186 Å². The van der Waals surface area contributed by atoms with Crippen molar-refractivity contribution in [1.82, 2.24) is 19.7 Å². The van der Waals surface area contributed by atoms with E-state index < -0.39 is 64.0 Å². The molecule has 50 heavy (non-hydrogen) atoms. The number of ether oxygens (including phenoxy) is 5. The molecule has 0 spiro atoms. The number of aromatic nitrogens is 4. The van der Waals surface area contributed by atoms with Gasteiger partial charge in [-0.25, -0.2) is 9.48 Å². The molecular formula is C31H51ClN5O11PSi. The molecule has 1 saturated carbocycles. The SMILES string of the molecule is CCOP(=O)(OCC)[C@](CO)(COCC[Si](C)(C)C)OC[C@H]1O[C@@H](n2ncc3c(N(C(=O)O)C4CCCC4)nc(Cl)nc32)[C@@H]2OC(C)(C)O[C@@H]21. The van der Waals surface area contributed by atoms with Crippen LogP contribution in [-0.2, 0) is 37.3 Å². The number of hydrogen-bond acceptors (Lipinski definition) is 13. The summed E-state index contributed by atoms with van der Waals surface area (Å²) in [6, 6.07) is 0.596. The van der Waals surface area contributed by atoms with Crippen molar-refractivity contribution in [2.75, 3.05) is 44.5 Å². The highest BCUT2D eigenvalue weighted by molar-refractivity contribution is 7.55. The minimum Gasteiger partial charge on any atom is -0.465 e. The van der Waals surface area contributed by atoms with Crippen molar-refractivity contribution in [2.45, 2.75) is 121 Å². The Balaban J connectivity index is 1.46. The van der Waals surface area contributed by atoms with Gasteiger partial charge in [-0.1, -0.05) is 32.5 Å². The molecule has 2 saturated heterocycles. The standard InChI is InChI=1S/C31H51ClN5O11PSi/c1-8-44-49(41,45-9-2)31(18-38,19-42-14-15-50(5,6)7)43-17-22-23-24(48-30(3,4)47-23)27(46-22)37-26-21(16-33-37)25(34-28(32)35-26)36(29(39)40)20-12-10-11-13-20/h16,20,22-24,27,38H,8-15,17-19H2,1-7H3,(H,39,40)/t22-,23-,24-,27-,31-/m1/s1. The fourth-order valence-electron chi connectivity index (χ4n) is 6.66. The quantitative estimate of drug-likeness (QED) is 0.0871. The molecule has 0 bridgehead atoms. The third kappa shape index (κ3) is 8.23. The van der Waals surface area contributed by atoms with Gasteiger partial charge in [0.25, 0.3) is 0 Å². The summed E-state index contributed by atoms with van der Waals surface area (Å²) < 4.78 is 58.6. The van der Waals surface area contributed by atoms with Gasteiger partial charge in [-0.05, 0) is 58.2 Å². The molecule has 5 atom stereocenters. The van der Waals surface area contributed by atoms with Gasteiger partial charge in [0.05, 0.1) is 44.6 Å². The van der Waals surface area contributed by atoms with E-state index in [4.69, 9.17) is 44.3 Å². The van der Waals surface area contributed by atoms with E-state index in [0.717, 1.165) is 18.9 Å². The maximum absolute atomic E-state index is 14.3. The molecule has 2 N–H and O–H groups in total. The van der Waals surface area contributed by atoms with E-state index in [-0.39, 0.29) is 49.2 Å². The number of hydrogen-bond donors (Lipinski definition) is 2. The van der Waals surface area contributed by atoms with Crippen molar-refractivity contribution in [3.05, 3.63) is 11.5 Å². The normalized spacial score (nSPS) is 25.3. The minimum atomic E-state index is -4.10. The largest absolute Gasteiger partial charge is 0.465 e. The first-order valence-corrected chi connectivity index (χ1v) is 22.9. The zero-order valence-corrected chi connectivity index (χ0v) is 32.5. The van der Waals surface area contributed by atoms with Crippen LogP contribution in [0.4, 0.5) is 10.6 Å². The Labute approximate surface area is 298 Å². The summed E-state index contributed by atoms with van der Waals surface area (Å²) in [5.74, 6) is -0.868. The second-order valence-electron chi connectivity index (χ2n) is 14.5. The summed E-state index contributed by atoms with van der Waals surface area (Å²) in [4.78, 5) is 22.5. The molecule has 1 aliphatic carbocycles. The first-order chi connectivity index (χ1) is 23.6. The maximum atomic E-state index is 14.3. The molecule has 0 aromatic carbocycles. The summed E-state index contributed by atoms with van der Waals surface area (Å²) in [7, 11) is -5.56. The summed E-state index contributed by atoms with van der Waals surface area (Å²) in [6.45, 7) is 12.9. The van der Waals surface area contributed by atoms with Crippen LogP contribution < -0.4 is 4.90 Å². The summed E-state index contributed by atoms with van der Waals surface area (Å²) >= 11 is 6.40. The van der Waals surface area contributed by atoms with Gasteiger partial charge < -0.3 is 42.9 Å². The van der Waals surface area contributed by atoms with Crippen molar-refractivity contribution in [3.8, 4) is 0 Å². The average Bonchev–Trinajstić information content (AvgIpc) is 3.81. The Morgan fingerprint density at radius 1 is 1.16 bits per heavy atom. The Morgan fingerprint density at radius 2 is 1.82 bits per heavy atom. The van der Waals surface area contributed by atoms with Crippen molar-refractivity contribution in [1.29, 1.82) is 0 Å². The fourth-order valence-corrected chi connectivity index (χ4v) is 9.46. The summed E-state index contributed by atoms with van der Waals surface area (Å²) in [5.41, 5.74) is 0.251. The molecule has 16 nitrogen and oxygen atoms in total. The highest BCUT2D eigenvalue weighted by Gasteiger charge is 2.59. The van der Waals surface area contributed by atoms with Crippen LogP contribution in [0.1, 0.15) is 59.6 Å². The van der Waals surface area contributed by atoms with Crippen LogP contribution in [0.2, 0.25) is 31.0 Å². The predicted octanol–water partition coefficient (Wildman–Crippen LogP) is 5.65. The van der Waals surface area contributed by atoms with Crippen LogP contribution in [0.25, 0.3) is 11.0 Å². The first kappa shape index (κ1) is 39.4. The summed E-state index contributed by atoms with van der Waals surface area (Å²) in [5, 5.41) is 23.9. The van der Waals surface area contributed by atoms with Crippen molar-refractivity contribution < 1.29 is 52.3 Å². The Kier molecular flexibility index (Phi) is 12.4. The third-order valence-corrected chi connectivity index (χ3v) is 13.5. The number of anilines is 1. The Hall–Kier alpha value is -1.76. The smallest absolute Gasteiger partial charge is 0.413 e. The molecule has 3 aliphatic rings. The number of amides is 1. The van der Waals surface area contributed by atoms with Gasteiger partial charge in [0.1, 0.15) is 18.3 Å². The van der Waals surface area contributed by atoms with Crippen LogP contribution in [-0.4, -0.2) is 119 Å². The fraction of sp³-hybridized carbons (Fsp3) is 0.806. The Morgan fingerprint density at radius 3 is 2.42 bits per heavy atom. The zero-order valence-electron chi connectivity index (χ0n) is 29.9. The predicted molar refractivity (Wildman–Crippen MR) is 186 cm³/mol. The number of carbonyl (C=O) groups is 1. The lowest BCUT2D eigenvalue weighted by Crippen LogP contribution is -2.46. The molecular weight excluding hydrogens is 713 g/mol. The number of aliphatic hydroxyl groups is 1. The second-order valence-corrected chi connectivity index (χ2v) is 22.8. The van der Waals surface area contributed by atoms with Crippen LogP contribution in [0, 0.1) is 0 Å². The molecule has 4 heterocycles. The number of aliphatic hydroxyl groups excluding tert-OH is 1. The van der Waals surface area contributed by atoms with Crippen LogP contribution in [0.15, 0.2) is 6.20 Å². The number of carboxylic acid groups (broad SMARTS) is 1. The van der Waals surface area contributed by atoms with Crippen molar-refractivity contribution in [2.24, 2.45) is 0 Å². The van der Waals surface area contributed by atoms with E-state index in [1.165, 1.54) is 15.8 Å². The van der Waals surface area contributed by atoms with Gasteiger partial charge in [0.2, 0.25) is 10.6 Å². The molecule has 19 heteroatoms. The molecule has 2 aromatic heterocycles. The molecule has 2 aromatic rings. The van der Waals surface area contributed by atoms with Gasteiger partial charge in [-0.3, -0.25) is 9.46 Å². The minimum absolute atomic E-state index is 0.0496. The van der Waals surface area contributed by atoms with Gasteiger partial charge >= 0.3 is 13.7 Å². The van der Waals surface area contributed by atoms with E-state index in [9.17, 15) is 19.6 Å². The van der Waals surface area contributed by atoms with Gasteiger partial charge in [-0.15, -0.1) is 0 Å². The highest BCUT2D eigenvalue weighted by Crippen LogP contribution is 2.61. The number of nitrogens with zero attached hydrogens (tertiary/aromatic N) is 5. The lowest BCUT2D eigenvalue weighted by Gasteiger charge is -2.38. The summed E-state index contributed by atoms with van der Waals surface area (Å²) in [6.07, 6.45) is 0.449. The van der Waals surface area contributed by atoms with Crippen LogP contribution in [0.5, 0.6) is 0 Å². The number of halogens is 1. The van der Waals surface area contributed by atoms with E-state index >= 15 is 0 Å². The zero-order chi connectivity index (χ0) is 36.5. The first-order valence-electron chi connectivity index (χ1n) is 17.2. The third-order valence-electron chi connectivity index (χ3n) is 9.08. The Bertz CT molecular complexity index is 1530. The van der Waals surface area contributed by atoms with E-state index in [1.54, 1.807) is 27.7 Å². The second kappa shape index (κ2) is 15.7. The van der Waals surface area contributed by atoms with Crippen molar-refractivity contribution >= 4 is 50.2 Å². The van der Waals surface area contributed by atoms with E-state index in [1.807, 2.05) is 0 Å². The van der Waals surface area contributed by atoms with Gasteiger partial charge in [0.15, 0.2) is 23.5 Å². The number of fused-ring (bicyclic) bond motifs is 2. The van der Waals surface area contributed by atoms with Gasteiger partial charge in [-0.2, -0.15) is 15.1 Å². The van der Waals surface area contributed by atoms with Crippen LogP contribution >= 0.6 is 19.2 Å². The van der Waals surface area contributed by atoms with E-state index in [2.05, 4.69) is 34.7 Å². The van der Waals surface area contributed by atoms with Crippen molar-refractivity contribution in [3.63, 3.8) is 0 Å². The molecule has 5 rings (SSSR count). The molecule has 282 valence electrons. The highest BCUT2D eigenvalue weighted by atomic mass is 35.5. The molecule has 0 unspecified atom stereocenters. The molecule has 3 fully saturated rings. The lowest BCUT2D eigenvalue weighted by atomic mass is 10.1. The average molecular weight is 764 g/mol.